The Hall–Kier alpha value is -2.30. The topological polar surface area (TPSA) is 40.5 Å². The lowest BCUT2D eigenvalue weighted by atomic mass is 9.84. The number of likely N-dealkylation sites (tertiary alicyclic amines) is 1. The summed E-state index contributed by atoms with van der Waals surface area (Å²) in [6, 6.07) is 16.6. The number of carbonyl (C=O) groups is 1. The molecular formula is C25H27NO2S. The number of piperidine rings is 1. The lowest BCUT2D eigenvalue weighted by Gasteiger charge is -2.39. The normalized spacial score (nSPS) is 18.4. The Morgan fingerprint density at radius 1 is 1.03 bits per heavy atom. The number of benzene rings is 2. The first-order chi connectivity index (χ1) is 14.0. The molecule has 1 aliphatic carbocycles. The number of amides is 1. The second kappa shape index (κ2) is 8.60. The first-order valence-corrected chi connectivity index (χ1v) is 11.1. The number of allylic oxidation sites excluding steroid dienone is 2. The van der Waals surface area contributed by atoms with Gasteiger partial charge in [-0.15, -0.1) is 0 Å². The van der Waals surface area contributed by atoms with Crippen molar-refractivity contribution in [2.24, 2.45) is 0 Å². The molecule has 1 aliphatic heterocycles. The molecule has 2 aliphatic rings. The minimum absolute atomic E-state index is 0.0883. The molecule has 1 saturated heterocycles. The largest absolute Gasteiger partial charge is 0.385 e. The van der Waals surface area contributed by atoms with Gasteiger partial charge in [-0.25, -0.2) is 0 Å². The molecule has 150 valence electrons. The maximum Gasteiger partial charge on any atom is 0.253 e. The number of aliphatic hydroxyl groups is 1. The van der Waals surface area contributed by atoms with Crippen LogP contribution in [0.2, 0.25) is 0 Å². The van der Waals surface area contributed by atoms with Gasteiger partial charge in [0, 0.05) is 28.5 Å². The van der Waals surface area contributed by atoms with Crippen LogP contribution in [0.5, 0.6) is 0 Å². The fourth-order valence-electron chi connectivity index (χ4n) is 3.98. The van der Waals surface area contributed by atoms with Crippen molar-refractivity contribution in [3.63, 3.8) is 0 Å². The summed E-state index contributed by atoms with van der Waals surface area (Å²) in [6.45, 7) is 3.23. The molecule has 3 nitrogen and oxygen atoms in total. The first kappa shape index (κ1) is 20.0. The van der Waals surface area contributed by atoms with Crippen LogP contribution in [0.1, 0.15) is 36.8 Å². The fraction of sp³-hybridized carbons (Fsp3) is 0.320. The van der Waals surface area contributed by atoms with E-state index >= 15 is 0 Å². The van der Waals surface area contributed by atoms with Gasteiger partial charge in [0.2, 0.25) is 0 Å². The number of carbonyl (C=O) groups excluding carboxylic acids is 1. The van der Waals surface area contributed by atoms with E-state index in [2.05, 4.69) is 43.3 Å². The maximum atomic E-state index is 12.8. The Bertz CT molecular complexity index is 938. The van der Waals surface area contributed by atoms with Gasteiger partial charge in [0.25, 0.3) is 5.91 Å². The van der Waals surface area contributed by atoms with Gasteiger partial charge in [0.15, 0.2) is 0 Å². The average molecular weight is 406 g/mol. The molecule has 4 rings (SSSR count). The molecule has 2 aromatic carbocycles. The van der Waals surface area contributed by atoms with Crippen molar-refractivity contribution in [2.45, 2.75) is 48.0 Å². The monoisotopic (exact) mass is 405 g/mol. The summed E-state index contributed by atoms with van der Waals surface area (Å²) in [5, 5.41) is 11.5. The molecule has 1 heterocycles. The van der Waals surface area contributed by atoms with Crippen LogP contribution in [0.4, 0.5) is 0 Å². The van der Waals surface area contributed by atoms with Gasteiger partial charge >= 0.3 is 0 Å². The number of nitrogens with zero attached hydrogens (tertiary/aromatic N) is 1. The fourth-order valence-corrected chi connectivity index (χ4v) is 5.02. The second-order valence-corrected chi connectivity index (χ2v) is 8.99. The summed E-state index contributed by atoms with van der Waals surface area (Å²) in [4.78, 5) is 16.9. The summed E-state index contributed by atoms with van der Waals surface area (Å²) in [6.07, 6.45) is 9.07. The van der Waals surface area contributed by atoms with Crippen LogP contribution >= 0.6 is 11.8 Å². The summed E-state index contributed by atoms with van der Waals surface area (Å²) < 4.78 is 0. The van der Waals surface area contributed by atoms with E-state index in [9.17, 15) is 9.90 Å². The van der Waals surface area contributed by atoms with Gasteiger partial charge in [-0.2, -0.15) is 0 Å². The van der Waals surface area contributed by atoms with E-state index in [-0.39, 0.29) is 5.91 Å². The number of rotatable bonds is 4. The maximum absolute atomic E-state index is 12.8. The van der Waals surface area contributed by atoms with Crippen LogP contribution in [0.3, 0.4) is 0 Å². The van der Waals surface area contributed by atoms with Crippen molar-refractivity contribution in [1.29, 1.82) is 0 Å². The Balaban J connectivity index is 1.49. The van der Waals surface area contributed by atoms with Crippen LogP contribution in [0.25, 0.3) is 0 Å². The Morgan fingerprint density at radius 2 is 1.76 bits per heavy atom. The van der Waals surface area contributed by atoms with Crippen LogP contribution in [-0.4, -0.2) is 29.0 Å². The molecule has 0 radical (unpaired) electrons. The van der Waals surface area contributed by atoms with Crippen molar-refractivity contribution in [1.82, 2.24) is 4.90 Å². The van der Waals surface area contributed by atoms with Crippen LogP contribution < -0.4 is 0 Å². The van der Waals surface area contributed by atoms with Gasteiger partial charge in [0.1, 0.15) is 0 Å². The predicted octanol–water partition coefficient (Wildman–Crippen LogP) is 5.23. The molecule has 0 bridgehead atoms. The van der Waals surface area contributed by atoms with Gasteiger partial charge in [-0.3, -0.25) is 4.79 Å². The molecule has 0 saturated carbocycles. The van der Waals surface area contributed by atoms with E-state index in [1.165, 1.54) is 5.56 Å². The van der Waals surface area contributed by atoms with E-state index in [0.717, 1.165) is 33.8 Å². The standard InChI is InChI=1S/C25H27NO2S/c1-19-11-13-21(14-12-19)29-23-10-6-5-9-22(23)25(28)15-17-26(18-16-25)24(27)20-7-3-2-4-8-20/h3,5-14,28H,2,4,15-18H2,1H3. The molecule has 1 amide bonds. The molecule has 29 heavy (non-hydrogen) atoms. The Labute approximate surface area is 177 Å². The number of hydrogen-bond acceptors (Lipinski definition) is 3. The minimum atomic E-state index is -0.901. The highest BCUT2D eigenvalue weighted by Gasteiger charge is 2.37. The first-order valence-electron chi connectivity index (χ1n) is 10.3. The summed E-state index contributed by atoms with van der Waals surface area (Å²) in [7, 11) is 0. The van der Waals surface area contributed by atoms with Gasteiger partial charge < -0.3 is 10.0 Å². The number of hydrogen-bond donors (Lipinski definition) is 1. The van der Waals surface area contributed by atoms with Crippen molar-refractivity contribution in [3.8, 4) is 0 Å². The SMILES string of the molecule is Cc1ccc(Sc2ccccc2C2(O)CCN(C(=O)C3=CCCC=C3)CC2)cc1. The zero-order valence-corrected chi connectivity index (χ0v) is 17.6. The second-order valence-electron chi connectivity index (χ2n) is 7.87. The van der Waals surface area contributed by atoms with Crippen molar-refractivity contribution < 1.29 is 9.90 Å². The lowest BCUT2D eigenvalue weighted by Crippen LogP contribution is -2.45. The van der Waals surface area contributed by atoms with Crippen LogP contribution in [0, 0.1) is 6.92 Å². The zero-order chi connectivity index (χ0) is 20.3. The molecular weight excluding hydrogens is 378 g/mol. The molecule has 2 aromatic rings. The van der Waals surface area contributed by atoms with Crippen molar-refractivity contribution in [2.75, 3.05) is 13.1 Å². The number of aryl methyl sites for hydroxylation is 1. The molecule has 0 atom stereocenters. The average Bonchev–Trinajstić information content (AvgIpc) is 2.76. The molecule has 0 unspecified atom stereocenters. The molecule has 1 fully saturated rings. The zero-order valence-electron chi connectivity index (χ0n) is 16.8. The molecule has 0 aromatic heterocycles. The van der Waals surface area contributed by atoms with E-state index in [4.69, 9.17) is 0 Å². The third-order valence-corrected chi connectivity index (χ3v) is 6.84. The Morgan fingerprint density at radius 3 is 2.45 bits per heavy atom. The Kier molecular flexibility index (Phi) is 5.93. The van der Waals surface area contributed by atoms with E-state index < -0.39 is 5.60 Å². The highest BCUT2D eigenvalue weighted by molar-refractivity contribution is 7.99. The smallest absolute Gasteiger partial charge is 0.253 e. The van der Waals surface area contributed by atoms with E-state index in [1.807, 2.05) is 35.3 Å². The van der Waals surface area contributed by atoms with Gasteiger partial charge in [-0.1, -0.05) is 65.9 Å². The molecule has 0 spiro atoms. The van der Waals surface area contributed by atoms with Crippen LogP contribution in [0.15, 0.2) is 82.1 Å². The summed E-state index contributed by atoms with van der Waals surface area (Å²) in [5.74, 6) is 0.0883. The van der Waals surface area contributed by atoms with Gasteiger partial charge in [0.05, 0.1) is 5.60 Å². The highest BCUT2D eigenvalue weighted by Crippen LogP contribution is 2.40. The molecule has 4 heteroatoms. The van der Waals surface area contributed by atoms with E-state index in [0.29, 0.717) is 25.9 Å². The van der Waals surface area contributed by atoms with E-state index in [1.54, 1.807) is 11.8 Å². The highest BCUT2D eigenvalue weighted by atomic mass is 32.2. The minimum Gasteiger partial charge on any atom is -0.385 e. The summed E-state index contributed by atoms with van der Waals surface area (Å²) >= 11 is 1.69. The summed E-state index contributed by atoms with van der Waals surface area (Å²) in [5.41, 5.74) is 2.09. The van der Waals surface area contributed by atoms with Crippen molar-refractivity contribution in [3.05, 3.63) is 83.5 Å². The lowest BCUT2D eigenvalue weighted by molar-refractivity contribution is -0.131. The van der Waals surface area contributed by atoms with Gasteiger partial charge in [-0.05, 0) is 56.4 Å². The van der Waals surface area contributed by atoms with Crippen LogP contribution in [-0.2, 0) is 10.4 Å². The third-order valence-electron chi connectivity index (χ3n) is 5.76. The predicted molar refractivity (Wildman–Crippen MR) is 118 cm³/mol. The quantitative estimate of drug-likeness (QED) is 0.757. The third kappa shape index (κ3) is 4.49. The van der Waals surface area contributed by atoms with Crippen molar-refractivity contribution >= 4 is 17.7 Å². The molecule has 1 N–H and O–H groups in total.